The van der Waals surface area contributed by atoms with Crippen molar-refractivity contribution in [2.75, 3.05) is 6.61 Å². The highest BCUT2D eigenvalue weighted by atomic mass is 19.1. The van der Waals surface area contributed by atoms with Crippen LogP contribution < -0.4 is 15.5 Å². The van der Waals surface area contributed by atoms with Gasteiger partial charge in [-0.2, -0.15) is 0 Å². The first-order valence-corrected chi connectivity index (χ1v) is 6.96. The minimum absolute atomic E-state index is 0.116. The lowest BCUT2D eigenvalue weighted by molar-refractivity contribution is -0.121. The lowest BCUT2D eigenvalue weighted by Crippen LogP contribution is -2.23. The number of aromatic amines is 1. The van der Waals surface area contributed by atoms with Gasteiger partial charge in [-0.05, 0) is 24.1 Å². The molecule has 0 aliphatic rings. The van der Waals surface area contributed by atoms with Crippen LogP contribution in [0.3, 0.4) is 0 Å². The summed E-state index contributed by atoms with van der Waals surface area (Å²) in [6.07, 6.45) is 3.81. The number of ether oxygens (including phenoxy) is 1. The number of carbonyl (C=O) groups excluding carboxylic acids is 1. The third kappa shape index (κ3) is 5.05. The zero-order chi connectivity index (χ0) is 15.8. The molecule has 2 rings (SSSR count). The van der Waals surface area contributed by atoms with Gasteiger partial charge in [0, 0.05) is 31.4 Å². The van der Waals surface area contributed by atoms with Crippen LogP contribution in [0, 0.1) is 5.82 Å². The maximum Gasteiger partial charge on any atom is 0.223 e. The number of amides is 1. The molecular formula is C16H17FN2O3. The van der Waals surface area contributed by atoms with Gasteiger partial charge in [-0.15, -0.1) is 0 Å². The van der Waals surface area contributed by atoms with Crippen LogP contribution in [0.1, 0.15) is 18.4 Å². The third-order valence-corrected chi connectivity index (χ3v) is 3.00. The fourth-order valence-corrected chi connectivity index (χ4v) is 1.82. The first kappa shape index (κ1) is 15.8. The van der Waals surface area contributed by atoms with Crippen molar-refractivity contribution in [3.05, 3.63) is 64.3 Å². The molecular weight excluding hydrogens is 287 g/mol. The quantitative estimate of drug-likeness (QED) is 0.768. The molecule has 1 aromatic heterocycles. The number of aromatic nitrogens is 1. The number of benzene rings is 1. The second kappa shape index (κ2) is 7.97. The van der Waals surface area contributed by atoms with Gasteiger partial charge in [0.2, 0.25) is 11.3 Å². The molecule has 0 aliphatic carbocycles. The van der Waals surface area contributed by atoms with Crippen molar-refractivity contribution < 1.29 is 13.9 Å². The third-order valence-electron chi connectivity index (χ3n) is 3.00. The summed E-state index contributed by atoms with van der Waals surface area (Å²) in [7, 11) is 0. The van der Waals surface area contributed by atoms with Crippen molar-refractivity contribution in [3.63, 3.8) is 0 Å². The predicted octanol–water partition coefficient (Wildman–Crippen LogP) is 1.99. The molecule has 0 radical (unpaired) electrons. The van der Waals surface area contributed by atoms with Crippen LogP contribution in [0.15, 0.2) is 47.5 Å². The zero-order valence-corrected chi connectivity index (χ0v) is 12.0. The molecule has 2 N–H and O–H groups in total. The Hall–Kier alpha value is -2.63. The van der Waals surface area contributed by atoms with Crippen LogP contribution in [0.4, 0.5) is 4.39 Å². The molecule has 2 aromatic rings. The van der Waals surface area contributed by atoms with Gasteiger partial charge in [-0.1, -0.05) is 12.1 Å². The Balaban J connectivity index is 1.65. The van der Waals surface area contributed by atoms with E-state index in [1.54, 1.807) is 12.1 Å². The van der Waals surface area contributed by atoms with Crippen molar-refractivity contribution in [1.82, 2.24) is 10.3 Å². The number of carbonyl (C=O) groups is 1. The Morgan fingerprint density at radius 3 is 2.73 bits per heavy atom. The summed E-state index contributed by atoms with van der Waals surface area (Å²) in [5, 5.41) is 2.74. The average molecular weight is 304 g/mol. The van der Waals surface area contributed by atoms with Gasteiger partial charge in [0.25, 0.3) is 0 Å². The van der Waals surface area contributed by atoms with Crippen LogP contribution >= 0.6 is 0 Å². The highest BCUT2D eigenvalue weighted by molar-refractivity contribution is 5.75. The first-order chi connectivity index (χ1) is 10.6. The Morgan fingerprint density at radius 1 is 1.23 bits per heavy atom. The SMILES string of the molecule is O=C(CCCOc1c[nH]ccc1=O)NCc1ccc(F)cc1. The van der Waals surface area contributed by atoms with E-state index in [-0.39, 0.29) is 29.5 Å². The molecule has 0 fully saturated rings. The summed E-state index contributed by atoms with van der Waals surface area (Å²) >= 11 is 0. The van der Waals surface area contributed by atoms with Crippen molar-refractivity contribution in [2.45, 2.75) is 19.4 Å². The van der Waals surface area contributed by atoms with E-state index in [0.717, 1.165) is 5.56 Å². The summed E-state index contributed by atoms with van der Waals surface area (Å²) in [4.78, 5) is 25.8. The minimum atomic E-state index is -0.303. The molecule has 1 aromatic carbocycles. The lowest BCUT2D eigenvalue weighted by Gasteiger charge is -2.06. The van der Waals surface area contributed by atoms with E-state index >= 15 is 0 Å². The van der Waals surface area contributed by atoms with Crippen LogP contribution in [-0.2, 0) is 11.3 Å². The van der Waals surface area contributed by atoms with Gasteiger partial charge in [0.05, 0.1) is 6.61 Å². The van der Waals surface area contributed by atoms with Gasteiger partial charge in [-0.3, -0.25) is 9.59 Å². The minimum Gasteiger partial charge on any atom is -0.488 e. The monoisotopic (exact) mass is 304 g/mol. The molecule has 0 aliphatic heterocycles. The summed E-state index contributed by atoms with van der Waals surface area (Å²) in [6, 6.07) is 7.34. The van der Waals surface area contributed by atoms with E-state index in [2.05, 4.69) is 10.3 Å². The largest absolute Gasteiger partial charge is 0.488 e. The fourth-order valence-electron chi connectivity index (χ4n) is 1.82. The topological polar surface area (TPSA) is 71.2 Å². The molecule has 22 heavy (non-hydrogen) atoms. The maximum atomic E-state index is 12.7. The molecule has 1 heterocycles. The van der Waals surface area contributed by atoms with Crippen LogP contribution in [-0.4, -0.2) is 17.5 Å². The number of H-pyrrole nitrogens is 1. The Kier molecular flexibility index (Phi) is 5.71. The fraction of sp³-hybridized carbons (Fsp3) is 0.250. The summed E-state index contributed by atoms with van der Waals surface area (Å²) in [6.45, 7) is 0.648. The van der Waals surface area contributed by atoms with E-state index in [4.69, 9.17) is 4.74 Å². The second-order valence-electron chi connectivity index (χ2n) is 4.73. The molecule has 0 bridgehead atoms. The van der Waals surface area contributed by atoms with E-state index in [0.29, 0.717) is 19.4 Å². The Bertz CT molecular complexity index is 668. The number of hydrogen-bond acceptors (Lipinski definition) is 3. The molecule has 0 spiro atoms. The summed E-state index contributed by atoms with van der Waals surface area (Å²) in [5.41, 5.74) is 0.640. The second-order valence-corrected chi connectivity index (χ2v) is 4.73. The standard InChI is InChI=1S/C16H17FN2O3/c17-13-5-3-12(4-6-13)10-19-16(21)2-1-9-22-15-11-18-8-7-14(15)20/h3-8,11H,1-2,9-10H2,(H,18,20)(H,19,21). The lowest BCUT2D eigenvalue weighted by atomic mass is 10.2. The maximum absolute atomic E-state index is 12.7. The summed E-state index contributed by atoms with van der Waals surface area (Å²) < 4.78 is 18.0. The highest BCUT2D eigenvalue weighted by Gasteiger charge is 2.03. The average Bonchev–Trinajstić information content (AvgIpc) is 2.52. The van der Waals surface area contributed by atoms with E-state index in [9.17, 15) is 14.0 Å². The van der Waals surface area contributed by atoms with E-state index in [1.807, 2.05) is 0 Å². The van der Waals surface area contributed by atoms with Crippen LogP contribution in [0.25, 0.3) is 0 Å². The smallest absolute Gasteiger partial charge is 0.223 e. The normalized spacial score (nSPS) is 10.2. The molecule has 5 nitrogen and oxygen atoms in total. The predicted molar refractivity (Wildman–Crippen MR) is 80.0 cm³/mol. The summed E-state index contributed by atoms with van der Waals surface area (Å²) in [5.74, 6) is -0.174. The number of pyridine rings is 1. The zero-order valence-electron chi connectivity index (χ0n) is 12.0. The van der Waals surface area contributed by atoms with E-state index < -0.39 is 0 Å². The molecule has 0 unspecified atom stereocenters. The van der Waals surface area contributed by atoms with Gasteiger partial charge in [-0.25, -0.2) is 4.39 Å². The number of halogens is 1. The highest BCUT2D eigenvalue weighted by Crippen LogP contribution is 2.03. The molecule has 6 heteroatoms. The van der Waals surface area contributed by atoms with Crippen molar-refractivity contribution in [3.8, 4) is 5.75 Å². The van der Waals surface area contributed by atoms with Crippen LogP contribution in [0.2, 0.25) is 0 Å². The molecule has 0 saturated heterocycles. The van der Waals surface area contributed by atoms with Gasteiger partial charge < -0.3 is 15.0 Å². The number of hydrogen-bond donors (Lipinski definition) is 2. The van der Waals surface area contributed by atoms with Crippen LogP contribution in [0.5, 0.6) is 5.75 Å². The van der Waals surface area contributed by atoms with E-state index in [1.165, 1.54) is 30.6 Å². The van der Waals surface area contributed by atoms with Crippen molar-refractivity contribution in [1.29, 1.82) is 0 Å². The first-order valence-electron chi connectivity index (χ1n) is 6.96. The Morgan fingerprint density at radius 2 is 2.00 bits per heavy atom. The molecule has 0 atom stereocenters. The number of nitrogens with one attached hydrogen (secondary N) is 2. The van der Waals surface area contributed by atoms with Crippen molar-refractivity contribution >= 4 is 5.91 Å². The van der Waals surface area contributed by atoms with Crippen molar-refractivity contribution in [2.24, 2.45) is 0 Å². The molecule has 0 saturated carbocycles. The molecule has 116 valence electrons. The van der Waals surface area contributed by atoms with Gasteiger partial charge in [0.15, 0.2) is 5.75 Å². The van der Waals surface area contributed by atoms with Gasteiger partial charge >= 0.3 is 0 Å². The number of rotatable bonds is 7. The Labute approximate surface area is 127 Å². The van der Waals surface area contributed by atoms with Gasteiger partial charge in [0.1, 0.15) is 5.82 Å². The molecule has 1 amide bonds.